The van der Waals surface area contributed by atoms with Gasteiger partial charge in [-0.3, -0.25) is 0 Å². The Labute approximate surface area is 149 Å². The van der Waals surface area contributed by atoms with Crippen LogP contribution in [0.1, 0.15) is 20.7 Å². The third kappa shape index (κ3) is 4.61. The van der Waals surface area contributed by atoms with Crippen LogP contribution in [0.15, 0.2) is 72.8 Å². The Hall–Kier alpha value is -3.80. The molecule has 0 aliphatic heterocycles. The molecule has 3 aromatic carbocycles. The van der Waals surface area contributed by atoms with E-state index >= 15 is 0 Å². The summed E-state index contributed by atoms with van der Waals surface area (Å²) in [5.41, 5.74) is 1.70. The molecule has 0 aliphatic carbocycles. The predicted molar refractivity (Wildman–Crippen MR) is 95.6 cm³/mol. The van der Waals surface area contributed by atoms with Crippen molar-refractivity contribution in [3.63, 3.8) is 0 Å². The lowest BCUT2D eigenvalue weighted by Gasteiger charge is -2.05. The molecule has 26 heavy (non-hydrogen) atoms. The van der Waals surface area contributed by atoms with Gasteiger partial charge in [-0.05, 0) is 35.9 Å². The summed E-state index contributed by atoms with van der Waals surface area (Å²) in [6, 6.07) is 19.4. The van der Waals surface area contributed by atoms with Crippen molar-refractivity contribution < 1.29 is 30.0 Å². The molecule has 4 N–H and O–H groups in total. The molecule has 6 nitrogen and oxygen atoms in total. The fourth-order valence-corrected chi connectivity index (χ4v) is 2.14. The number of carbonyl (C=O) groups is 2. The number of hydrogen-bond acceptors (Lipinski definition) is 4. The molecule has 0 unspecified atom stereocenters. The summed E-state index contributed by atoms with van der Waals surface area (Å²) in [5, 5.41) is 35.8. The number of phenols is 2. The van der Waals surface area contributed by atoms with Gasteiger partial charge in [0.1, 0.15) is 0 Å². The molecule has 0 bridgehead atoms. The SMILES string of the molecule is O=C(O)c1ccc(C(=O)O)cc1.Oc1cccc(-c2ccccc2)c1O. The maximum absolute atomic E-state index is 10.3. The first-order valence-corrected chi connectivity index (χ1v) is 7.53. The average Bonchev–Trinajstić information content (AvgIpc) is 2.65. The van der Waals surface area contributed by atoms with Gasteiger partial charge in [0.15, 0.2) is 11.5 Å². The van der Waals surface area contributed by atoms with Gasteiger partial charge >= 0.3 is 11.9 Å². The van der Waals surface area contributed by atoms with E-state index in [1.54, 1.807) is 12.1 Å². The van der Waals surface area contributed by atoms with E-state index in [-0.39, 0.29) is 22.6 Å². The van der Waals surface area contributed by atoms with E-state index in [1.165, 1.54) is 30.3 Å². The highest BCUT2D eigenvalue weighted by molar-refractivity contribution is 5.91. The lowest BCUT2D eigenvalue weighted by molar-refractivity contribution is 0.0681. The van der Waals surface area contributed by atoms with E-state index in [0.29, 0.717) is 5.56 Å². The summed E-state index contributed by atoms with van der Waals surface area (Å²) in [7, 11) is 0. The van der Waals surface area contributed by atoms with Crippen LogP contribution in [-0.4, -0.2) is 32.4 Å². The molecule has 0 heterocycles. The molecule has 0 spiro atoms. The highest BCUT2D eigenvalue weighted by Gasteiger charge is 2.06. The molecule has 0 radical (unpaired) electrons. The van der Waals surface area contributed by atoms with Crippen molar-refractivity contribution in [2.75, 3.05) is 0 Å². The first kappa shape index (κ1) is 18.5. The molecule has 0 aromatic heterocycles. The van der Waals surface area contributed by atoms with Crippen LogP contribution in [-0.2, 0) is 0 Å². The van der Waals surface area contributed by atoms with Crippen molar-refractivity contribution in [1.29, 1.82) is 0 Å². The van der Waals surface area contributed by atoms with E-state index in [0.717, 1.165) is 5.56 Å². The Kier molecular flexibility index (Phi) is 5.95. The lowest BCUT2D eigenvalue weighted by Crippen LogP contribution is -1.99. The number of aromatic carboxylic acids is 2. The second kappa shape index (κ2) is 8.34. The molecule has 0 fully saturated rings. The molecule has 3 rings (SSSR count). The number of aromatic hydroxyl groups is 2. The Morgan fingerprint density at radius 3 is 1.58 bits per heavy atom. The number of para-hydroxylation sites is 1. The number of phenolic OH excluding ortho intramolecular Hbond substituents is 2. The van der Waals surface area contributed by atoms with E-state index < -0.39 is 11.9 Å². The molecule has 0 aliphatic rings. The van der Waals surface area contributed by atoms with Crippen molar-refractivity contribution >= 4 is 11.9 Å². The molecule has 0 atom stereocenters. The fourth-order valence-electron chi connectivity index (χ4n) is 2.14. The van der Waals surface area contributed by atoms with Crippen LogP contribution in [0, 0.1) is 0 Å². The van der Waals surface area contributed by atoms with Gasteiger partial charge in [-0.1, -0.05) is 42.5 Å². The minimum atomic E-state index is -1.06. The van der Waals surface area contributed by atoms with Crippen molar-refractivity contribution in [1.82, 2.24) is 0 Å². The number of carboxylic acids is 2. The van der Waals surface area contributed by atoms with Crippen LogP contribution in [0.5, 0.6) is 11.5 Å². The molecule has 0 saturated carbocycles. The summed E-state index contributed by atoms with van der Waals surface area (Å²) >= 11 is 0. The zero-order chi connectivity index (χ0) is 19.1. The van der Waals surface area contributed by atoms with Crippen molar-refractivity contribution in [2.45, 2.75) is 0 Å². The predicted octanol–water partition coefficient (Wildman–Crippen LogP) is 3.85. The highest BCUT2D eigenvalue weighted by Crippen LogP contribution is 2.35. The van der Waals surface area contributed by atoms with Crippen LogP contribution in [0.2, 0.25) is 0 Å². The second-order valence-corrected chi connectivity index (χ2v) is 5.23. The summed E-state index contributed by atoms with van der Waals surface area (Å²) < 4.78 is 0. The smallest absolute Gasteiger partial charge is 0.335 e. The van der Waals surface area contributed by atoms with Crippen LogP contribution in [0.3, 0.4) is 0 Å². The number of benzene rings is 3. The van der Waals surface area contributed by atoms with Crippen molar-refractivity contribution in [2.24, 2.45) is 0 Å². The molecule has 3 aromatic rings. The zero-order valence-corrected chi connectivity index (χ0v) is 13.5. The maximum atomic E-state index is 10.3. The number of rotatable bonds is 3. The van der Waals surface area contributed by atoms with Crippen molar-refractivity contribution in [3.05, 3.63) is 83.9 Å². The normalized spacial score (nSPS) is 9.69. The monoisotopic (exact) mass is 352 g/mol. The zero-order valence-electron chi connectivity index (χ0n) is 13.5. The summed E-state index contributed by atoms with van der Waals surface area (Å²) in [5.74, 6) is -2.29. The topological polar surface area (TPSA) is 115 Å². The Balaban J connectivity index is 0.000000190. The number of hydrogen-bond donors (Lipinski definition) is 4. The third-order valence-electron chi connectivity index (χ3n) is 3.48. The second-order valence-electron chi connectivity index (χ2n) is 5.23. The van der Waals surface area contributed by atoms with Crippen LogP contribution >= 0.6 is 0 Å². The standard InChI is InChI=1S/C12H10O2.C8H6O4/c13-11-8-4-7-10(12(11)14)9-5-2-1-3-6-9;9-7(10)5-1-2-6(4-3-5)8(11)12/h1-8,13-14H;1-4H,(H,9,10)(H,11,12). The average molecular weight is 352 g/mol. The third-order valence-corrected chi connectivity index (χ3v) is 3.48. The minimum absolute atomic E-state index is 0.0706. The van der Waals surface area contributed by atoms with Gasteiger partial charge in [0, 0.05) is 5.56 Å². The highest BCUT2D eigenvalue weighted by atomic mass is 16.4. The van der Waals surface area contributed by atoms with Gasteiger partial charge in [-0.2, -0.15) is 0 Å². The van der Waals surface area contributed by atoms with Gasteiger partial charge in [-0.15, -0.1) is 0 Å². The Morgan fingerprint density at radius 2 is 1.12 bits per heavy atom. The molecule has 0 saturated heterocycles. The molecular formula is C20H16O6. The largest absolute Gasteiger partial charge is 0.504 e. The fraction of sp³-hybridized carbons (Fsp3) is 0. The van der Waals surface area contributed by atoms with Gasteiger partial charge < -0.3 is 20.4 Å². The van der Waals surface area contributed by atoms with Gasteiger partial charge in [-0.25, -0.2) is 9.59 Å². The summed E-state index contributed by atoms with van der Waals surface area (Å²) in [6.45, 7) is 0. The molecule has 132 valence electrons. The Bertz CT molecular complexity index is 868. The molecule has 0 amide bonds. The number of carboxylic acid groups (broad SMARTS) is 2. The van der Waals surface area contributed by atoms with Gasteiger partial charge in [0.25, 0.3) is 0 Å². The van der Waals surface area contributed by atoms with E-state index in [1.807, 2.05) is 30.3 Å². The summed E-state index contributed by atoms with van der Waals surface area (Å²) in [4.78, 5) is 20.7. The van der Waals surface area contributed by atoms with Crippen LogP contribution < -0.4 is 0 Å². The minimum Gasteiger partial charge on any atom is -0.504 e. The maximum Gasteiger partial charge on any atom is 0.335 e. The Morgan fingerprint density at radius 1 is 0.615 bits per heavy atom. The van der Waals surface area contributed by atoms with Gasteiger partial charge in [0.2, 0.25) is 0 Å². The lowest BCUT2D eigenvalue weighted by atomic mass is 10.0. The molecule has 6 heteroatoms. The van der Waals surface area contributed by atoms with Crippen LogP contribution in [0.25, 0.3) is 11.1 Å². The molecular weight excluding hydrogens is 336 g/mol. The van der Waals surface area contributed by atoms with E-state index in [4.69, 9.17) is 10.2 Å². The first-order chi connectivity index (χ1) is 12.4. The summed E-state index contributed by atoms with van der Waals surface area (Å²) in [6.07, 6.45) is 0. The van der Waals surface area contributed by atoms with Crippen molar-refractivity contribution in [3.8, 4) is 22.6 Å². The van der Waals surface area contributed by atoms with Crippen LogP contribution in [0.4, 0.5) is 0 Å². The van der Waals surface area contributed by atoms with E-state index in [9.17, 15) is 19.8 Å². The first-order valence-electron chi connectivity index (χ1n) is 7.53. The quantitative estimate of drug-likeness (QED) is 0.532. The van der Waals surface area contributed by atoms with Gasteiger partial charge in [0.05, 0.1) is 11.1 Å². The van der Waals surface area contributed by atoms with E-state index in [2.05, 4.69) is 0 Å².